The van der Waals surface area contributed by atoms with Crippen molar-refractivity contribution in [1.82, 2.24) is 5.32 Å². The molecule has 84 valence electrons. The predicted molar refractivity (Wildman–Crippen MR) is 68.4 cm³/mol. The fourth-order valence-corrected chi connectivity index (χ4v) is 1.37. The average Bonchev–Trinajstić information content (AvgIpc) is 2.02. The van der Waals surface area contributed by atoms with Crippen LogP contribution in [0.2, 0.25) is 0 Å². The maximum atomic E-state index is 4.54. The molecule has 0 heterocycles. The molecule has 1 N–H and O–H groups in total. The lowest BCUT2D eigenvalue weighted by Crippen LogP contribution is -2.25. The van der Waals surface area contributed by atoms with Crippen LogP contribution in [-0.2, 0) is 0 Å². The Balaban J connectivity index is 3.83. The molecule has 0 amide bonds. The highest BCUT2D eigenvalue weighted by atomic mass is 79.9. The predicted octanol–water partition coefficient (Wildman–Crippen LogP) is 3.21. The van der Waals surface area contributed by atoms with Gasteiger partial charge in [-0.05, 0) is 25.7 Å². The maximum Gasteiger partial charge on any atom is 0.0519 e. The number of rotatable bonds is 5. The normalized spacial score (nSPS) is 17.3. The summed E-state index contributed by atoms with van der Waals surface area (Å²) in [4.78, 5) is 4.54. The van der Waals surface area contributed by atoms with Crippen molar-refractivity contribution in [2.24, 2.45) is 10.4 Å². The molecule has 0 aromatic carbocycles. The van der Waals surface area contributed by atoms with E-state index in [1.54, 1.807) is 0 Å². The molecule has 0 fully saturated rings. The van der Waals surface area contributed by atoms with Gasteiger partial charge in [-0.2, -0.15) is 0 Å². The first kappa shape index (κ1) is 14.1. The van der Waals surface area contributed by atoms with Crippen LogP contribution in [-0.4, -0.2) is 23.8 Å². The summed E-state index contributed by atoms with van der Waals surface area (Å²) < 4.78 is 0. The van der Waals surface area contributed by atoms with Crippen LogP contribution >= 0.6 is 15.9 Å². The van der Waals surface area contributed by atoms with Gasteiger partial charge in [-0.3, -0.25) is 4.99 Å². The van der Waals surface area contributed by atoms with Crippen LogP contribution < -0.4 is 5.32 Å². The van der Waals surface area contributed by atoms with Gasteiger partial charge in [0.05, 0.1) is 11.5 Å². The van der Waals surface area contributed by atoms with Crippen molar-refractivity contribution in [2.75, 3.05) is 5.45 Å². The molecule has 0 unspecified atom stereocenters. The van der Waals surface area contributed by atoms with Gasteiger partial charge < -0.3 is 5.32 Å². The van der Waals surface area contributed by atoms with Crippen molar-refractivity contribution >= 4 is 22.1 Å². The summed E-state index contributed by atoms with van der Waals surface area (Å²) >= 11 is 3.35. The van der Waals surface area contributed by atoms with Crippen LogP contribution in [0.15, 0.2) is 4.99 Å². The molecule has 0 aromatic heterocycles. The zero-order chi connectivity index (χ0) is 11.2. The fraction of sp³-hybridized carbons (Fsp3) is 0.909. The lowest BCUT2D eigenvalue weighted by Gasteiger charge is -2.23. The van der Waals surface area contributed by atoms with Gasteiger partial charge in [0.25, 0.3) is 0 Å². The summed E-state index contributed by atoms with van der Waals surface area (Å²) in [5.74, 6) is 0. The van der Waals surface area contributed by atoms with Gasteiger partial charge in [0.15, 0.2) is 0 Å². The second kappa shape index (κ2) is 6.57. The van der Waals surface area contributed by atoms with Gasteiger partial charge in [-0.25, -0.2) is 0 Å². The molecule has 0 radical (unpaired) electrons. The van der Waals surface area contributed by atoms with Crippen molar-refractivity contribution in [3.05, 3.63) is 0 Å². The average molecular weight is 263 g/mol. The van der Waals surface area contributed by atoms with Crippen LogP contribution in [0.5, 0.6) is 0 Å². The summed E-state index contributed by atoms with van der Waals surface area (Å²) in [7, 11) is 0. The lowest BCUT2D eigenvalue weighted by molar-refractivity contribution is 0.342. The number of aliphatic imine (C=N–C) groups is 1. The summed E-state index contributed by atoms with van der Waals surface area (Å²) in [6, 6.07) is 0.879. The third-order valence-electron chi connectivity index (χ3n) is 2.47. The van der Waals surface area contributed by atoms with Gasteiger partial charge >= 0.3 is 0 Å². The van der Waals surface area contributed by atoms with E-state index in [9.17, 15) is 0 Å². The quantitative estimate of drug-likeness (QED) is 0.459. The minimum absolute atomic E-state index is 0.266. The molecule has 0 aliphatic carbocycles. The zero-order valence-electron chi connectivity index (χ0n) is 9.97. The highest BCUT2D eigenvalue weighted by Gasteiger charge is 2.17. The van der Waals surface area contributed by atoms with Crippen molar-refractivity contribution in [3.8, 4) is 0 Å². The molecule has 3 heteroatoms. The van der Waals surface area contributed by atoms with Gasteiger partial charge in [0, 0.05) is 12.3 Å². The zero-order valence-corrected chi connectivity index (χ0v) is 11.6. The molecule has 0 rings (SSSR count). The molecular weight excluding hydrogens is 240 g/mol. The Morgan fingerprint density at radius 3 is 2.36 bits per heavy atom. The monoisotopic (exact) mass is 262 g/mol. The number of hydrogen-bond donors (Lipinski definition) is 1. The molecule has 14 heavy (non-hydrogen) atoms. The number of hydrogen-bond acceptors (Lipinski definition) is 2. The van der Waals surface area contributed by atoms with Crippen LogP contribution in [0.3, 0.4) is 0 Å². The van der Waals surface area contributed by atoms with Crippen LogP contribution in [0.25, 0.3) is 0 Å². The molecule has 0 aromatic rings. The Morgan fingerprint density at radius 1 is 1.36 bits per heavy atom. The van der Waals surface area contributed by atoms with Gasteiger partial charge in [-0.15, -0.1) is 0 Å². The molecule has 2 nitrogen and oxygen atoms in total. The van der Waals surface area contributed by atoms with Gasteiger partial charge in [0.1, 0.15) is 0 Å². The molecule has 2 atom stereocenters. The molecule has 0 saturated carbocycles. The van der Waals surface area contributed by atoms with Gasteiger partial charge in [-0.1, -0.05) is 36.7 Å². The first-order valence-corrected chi connectivity index (χ1v) is 6.31. The van der Waals surface area contributed by atoms with E-state index < -0.39 is 0 Å². The summed E-state index contributed by atoms with van der Waals surface area (Å²) in [5, 5.41) is 3.28. The van der Waals surface area contributed by atoms with E-state index >= 15 is 0 Å². The summed E-state index contributed by atoms with van der Waals surface area (Å²) in [5.41, 5.74) is 1.11. The van der Waals surface area contributed by atoms with E-state index in [0.29, 0.717) is 12.1 Å². The summed E-state index contributed by atoms with van der Waals surface area (Å²) in [6.45, 7) is 11.0. The Bertz CT molecular complexity index is 173. The standard InChI is InChI=1S/C11H23BrN2/c1-9(14-8-12)6-7-13-10(2)11(3,4)5/h7,9-10,14H,6,8H2,1-5H3/t9-,10-/m1/s1. The van der Waals surface area contributed by atoms with Gasteiger partial charge in [0.2, 0.25) is 0 Å². The van der Waals surface area contributed by atoms with Crippen molar-refractivity contribution in [3.63, 3.8) is 0 Å². The van der Waals surface area contributed by atoms with E-state index in [-0.39, 0.29) is 5.41 Å². The van der Waals surface area contributed by atoms with Crippen molar-refractivity contribution < 1.29 is 0 Å². The first-order chi connectivity index (χ1) is 6.38. The molecule has 0 aliphatic rings. The Labute approximate surface area is 96.7 Å². The van der Waals surface area contributed by atoms with Crippen LogP contribution in [0, 0.1) is 5.41 Å². The topological polar surface area (TPSA) is 24.4 Å². The second-order valence-electron chi connectivity index (χ2n) is 4.85. The number of halogens is 1. The number of nitrogens with zero attached hydrogens (tertiary/aromatic N) is 1. The lowest BCUT2D eigenvalue weighted by atomic mass is 9.88. The first-order valence-electron chi connectivity index (χ1n) is 5.19. The third-order valence-corrected chi connectivity index (χ3v) is 2.79. The summed E-state index contributed by atoms with van der Waals surface area (Å²) in [6.07, 6.45) is 3.03. The van der Waals surface area contributed by atoms with E-state index in [4.69, 9.17) is 0 Å². The SMILES string of the molecule is C[C@H](CC=N[C@H](C)C(C)(C)C)NCBr. The molecule has 0 aliphatic heterocycles. The second-order valence-corrected chi connectivity index (χ2v) is 5.41. The highest BCUT2D eigenvalue weighted by molar-refractivity contribution is 9.09. The minimum atomic E-state index is 0.266. The van der Waals surface area contributed by atoms with Crippen LogP contribution in [0.4, 0.5) is 0 Å². The molecular formula is C11H23BrN2. The molecule has 0 bridgehead atoms. The number of nitrogens with one attached hydrogen (secondary N) is 1. The Hall–Kier alpha value is 0.110. The smallest absolute Gasteiger partial charge is 0.0519 e. The van der Waals surface area contributed by atoms with E-state index in [1.165, 1.54) is 0 Å². The minimum Gasteiger partial charge on any atom is -0.304 e. The number of alkyl halides is 1. The van der Waals surface area contributed by atoms with Crippen molar-refractivity contribution in [2.45, 2.75) is 53.1 Å². The molecule has 0 saturated heterocycles. The maximum absolute atomic E-state index is 4.54. The Kier molecular flexibility index (Phi) is 6.62. The highest BCUT2D eigenvalue weighted by Crippen LogP contribution is 2.21. The van der Waals surface area contributed by atoms with E-state index in [0.717, 1.165) is 11.9 Å². The van der Waals surface area contributed by atoms with Crippen LogP contribution in [0.1, 0.15) is 41.0 Å². The van der Waals surface area contributed by atoms with Crippen molar-refractivity contribution in [1.29, 1.82) is 0 Å². The fourth-order valence-electron chi connectivity index (χ4n) is 0.816. The largest absolute Gasteiger partial charge is 0.304 e. The van der Waals surface area contributed by atoms with E-state index in [2.05, 4.69) is 60.9 Å². The third kappa shape index (κ3) is 6.55. The Morgan fingerprint density at radius 2 is 1.93 bits per heavy atom. The molecule has 0 spiro atoms. The van der Waals surface area contributed by atoms with E-state index in [1.807, 2.05) is 6.21 Å².